The van der Waals surface area contributed by atoms with Gasteiger partial charge in [0.2, 0.25) is 0 Å². The Morgan fingerprint density at radius 1 is 1.10 bits per heavy atom. The molecule has 2 rings (SSSR count). The molecule has 2 aromatic rings. The normalized spacial score (nSPS) is 12.7. The van der Waals surface area contributed by atoms with E-state index in [-0.39, 0.29) is 5.54 Å². The molecule has 21 heavy (non-hydrogen) atoms. The van der Waals surface area contributed by atoms with Crippen LogP contribution in [0.2, 0.25) is 0 Å². The highest BCUT2D eigenvalue weighted by atomic mass is 16.5. The minimum Gasteiger partial charge on any atom is -0.497 e. The van der Waals surface area contributed by atoms with Crippen molar-refractivity contribution in [3.8, 4) is 5.75 Å². The zero-order valence-corrected chi connectivity index (χ0v) is 13.7. The van der Waals surface area contributed by atoms with Crippen LogP contribution in [0.5, 0.6) is 5.75 Å². The molecule has 0 saturated heterocycles. The molecule has 0 aliphatic rings. The minimum absolute atomic E-state index is 0.148. The molecule has 1 N–H and O–H groups in total. The summed E-state index contributed by atoms with van der Waals surface area (Å²) in [6, 6.07) is 12.7. The number of hydrogen-bond acceptors (Lipinski definition) is 2. The zero-order chi connectivity index (χ0) is 15.5. The number of fused-ring (bicyclic) bond motifs is 1. The van der Waals surface area contributed by atoms with E-state index in [1.165, 1.54) is 21.9 Å². The largest absolute Gasteiger partial charge is 0.497 e. The van der Waals surface area contributed by atoms with E-state index in [2.05, 4.69) is 69.4 Å². The highest BCUT2D eigenvalue weighted by Crippen LogP contribution is 2.22. The average molecular weight is 283 g/mol. The summed E-state index contributed by atoms with van der Waals surface area (Å²) in [5.41, 5.74) is 2.72. The number of methoxy groups -OCH3 is 1. The van der Waals surface area contributed by atoms with Gasteiger partial charge in [-0.05, 0) is 62.2 Å². The lowest BCUT2D eigenvalue weighted by atomic mass is 10.0. The predicted octanol–water partition coefficient (Wildman–Crippen LogP) is 4.64. The molecule has 0 aromatic heterocycles. The van der Waals surface area contributed by atoms with Crippen LogP contribution in [-0.2, 0) is 0 Å². The maximum absolute atomic E-state index is 5.26. The Kier molecular flexibility index (Phi) is 4.69. The number of hydrogen-bond donors (Lipinski definition) is 1. The number of benzene rings is 2. The summed E-state index contributed by atoms with van der Waals surface area (Å²) in [4.78, 5) is 0. The van der Waals surface area contributed by atoms with Gasteiger partial charge in [0.1, 0.15) is 5.75 Å². The zero-order valence-electron chi connectivity index (χ0n) is 13.7. The topological polar surface area (TPSA) is 21.3 Å². The van der Waals surface area contributed by atoms with Gasteiger partial charge in [-0.3, -0.25) is 0 Å². The Morgan fingerprint density at radius 2 is 1.76 bits per heavy atom. The average Bonchev–Trinajstić information content (AvgIpc) is 2.44. The van der Waals surface area contributed by atoms with Gasteiger partial charge >= 0.3 is 0 Å². The molecule has 0 heterocycles. The van der Waals surface area contributed by atoms with E-state index in [1.807, 2.05) is 6.07 Å². The maximum Gasteiger partial charge on any atom is 0.119 e. The summed E-state index contributed by atoms with van der Waals surface area (Å²) in [5.74, 6) is 0.899. The standard InChI is InChI=1S/C19H25NO/c1-14(13-20-19(2,3)4)10-15-6-7-17-12-18(21-5)9-8-16(17)11-15/h6-12,20H,13H2,1-5H3. The minimum atomic E-state index is 0.148. The van der Waals surface area contributed by atoms with Crippen molar-refractivity contribution in [3.05, 3.63) is 47.5 Å². The van der Waals surface area contributed by atoms with Crippen LogP contribution in [0, 0.1) is 0 Å². The lowest BCUT2D eigenvalue weighted by molar-refractivity contribution is 0.415. The van der Waals surface area contributed by atoms with E-state index in [4.69, 9.17) is 4.74 Å². The molecule has 0 saturated carbocycles. The van der Waals surface area contributed by atoms with Gasteiger partial charge < -0.3 is 10.1 Å². The summed E-state index contributed by atoms with van der Waals surface area (Å²) in [6.07, 6.45) is 2.24. The fourth-order valence-electron chi connectivity index (χ4n) is 2.20. The SMILES string of the molecule is COc1ccc2cc(C=C(C)CNC(C)(C)C)ccc2c1. The van der Waals surface area contributed by atoms with Crippen molar-refractivity contribution in [2.24, 2.45) is 0 Å². The van der Waals surface area contributed by atoms with Gasteiger partial charge in [-0.2, -0.15) is 0 Å². The van der Waals surface area contributed by atoms with Gasteiger partial charge in [0.05, 0.1) is 7.11 Å². The molecule has 2 heteroatoms. The Bertz CT molecular complexity index is 650. The van der Waals surface area contributed by atoms with Crippen LogP contribution in [0.1, 0.15) is 33.3 Å². The van der Waals surface area contributed by atoms with Gasteiger partial charge in [-0.1, -0.05) is 29.8 Å². The highest BCUT2D eigenvalue weighted by molar-refractivity contribution is 5.86. The third-order valence-electron chi connectivity index (χ3n) is 3.38. The molecule has 0 spiro atoms. The van der Waals surface area contributed by atoms with E-state index in [1.54, 1.807) is 7.11 Å². The van der Waals surface area contributed by atoms with Crippen molar-refractivity contribution < 1.29 is 4.74 Å². The first-order chi connectivity index (χ1) is 9.87. The molecule has 0 unspecified atom stereocenters. The van der Waals surface area contributed by atoms with Gasteiger partial charge in [0.15, 0.2) is 0 Å². The van der Waals surface area contributed by atoms with Crippen LogP contribution < -0.4 is 10.1 Å². The molecule has 2 nitrogen and oxygen atoms in total. The summed E-state index contributed by atoms with van der Waals surface area (Å²) >= 11 is 0. The van der Waals surface area contributed by atoms with Gasteiger partial charge in [-0.25, -0.2) is 0 Å². The fraction of sp³-hybridized carbons (Fsp3) is 0.368. The second-order valence-corrected chi connectivity index (χ2v) is 6.57. The Morgan fingerprint density at radius 3 is 2.43 bits per heavy atom. The summed E-state index contributed by atoms with van der Waals surface area (Å²) in [6.45, 7) is 9.62. The van der Waals surface area contributed by atoms with Crippen LogP contribution in [0.3, 0.4) is 0 Å². The van der Waals surface area contributed by atoms with Crippen LogP contribution in [-0.4, -0.2) is 19.2 Å². The third-order valence-corrected chi connectivity index (χ3v) is 3.38. The molecule has 0 radical (unpaired) electrons. The molecule has 0 aliphatic heterocycles. The Hall–Kier alpha value is -1.80. The maximum atomic E-state index is 5.26. The number of ether oxygens (including phenoxy) is 1. The van der Waals surface area contributed by atoms with Crippen molar-refractivity contribution in [2.45, 2.75) is 33.2 Å². The van der Waals surface area contributed by atoms with E-state index in [0.29, 0.717) is 0 Å². The van der Waals surface area contributed by atoms with Gasteiger partial charge in [0, 0.05) is 12.1 Å². The molecule has 0 atom stereocenters. The Labute approximate surface area is 127 Å². The first-order valence-electron chi connectivity index (χ1n) is 7.37. The highest BCUT2D eigenvalue weighted by Gasteiger charge is 2.07. The second kappa shape index (κ2) is 6.31. The third kappa shape index (κ3) is 4.61. The fourth-order valence-corrected chi connectivity index (χ4v) is 2.20. The quantitative estimate of drug-likeness (QED) is 0.882. The first-order valence-corrected chi connectivity index (χ1v) is 7.37. The van der Waals surface area contributed by atoms with Crippen molar-refractivity contribution in [1.29, 1.82) is 0 Å². The smallest absolute Gasteiger partial charge is 0.119 e. The predicted molar refractivity (Wildman–Crippen MR) is 91.9 cm³/mol. The molecule has 0 aliphatic carbocycles. The summed E-state index contributed by atoms with van der Waals surface area (Å²) < 4.78 is 5.26. The second-order valence-electron chi connectivity index (χ2n) is 6.57. The lowest BCUT2D eigenvalue weighted by Gasteiger charge is -2.20. The van der Waals surface area contributed by atoms with Crippen molar-refractivity contribution in [2.75, 3.05) is 13.7 Å². The Balaban J connectivity index is 2.19. The number of rotatable bonds is 4. The molecule has 0 amide bonds. The lowest BCUT2D eigenvalue weighted by Crippen LogP contribution is -2.36. The van der Waals surface area contributed by atoms with Crippen LogP contribution in [0.4, 0.5) is 0 Å². The molecule has 112 valence electrons. The van der Waals surface area contributed by atoms with E-state index < -0.39 is 0 Å². The molecule has 0 fully saturated rings. The van der Waals surface area contributed by atoms with Crippen molar-refractivity contribution >= 4 is 16.8 Å². The van der Waals surface area contributed by atoms with E-state index in [0.717, 1.165) is 12.3 Å². The molecule has 0 bridgehead atoms. The number of nitrogens with one attached hydrogen (secondary N) is 1. The van der Waals surface area contributed by atoms with E-state index >= 15 is 0 Å². The summed E-state index contributed by atoms with van der Waals surface area (Å²) in [5, 5.41) is 5.95. The van der Waals surface area contributed by atoms with E-state index in [9.17, 15) is 0 Å². The van der Waals surface area contributed by atoms with Gasteiger partial charge in [-0.15, -0.1) is 0 Å². The van der Waals surface area contributed by atoms with Crippen molar-refractivity contribution in [1.82, 2.24) is 5.32 Å². The van der Waals surface area contributed by atoms with Crippen LogP contribution in [0.25, 0.3) is 16.8 Å². The monoisotopic (exact) mass is 283 g/mol. The first kappa shape index (κ1) is 15.6. The van der Waals surface area contributed by atoms with Gasteiger partial charge in [0.25, 0.3) is 0 Å². The molecular formula is C19H25NO. The molecule has 2 aromatic carbocycles. The van der Waals surface area contributed by atoms with Crippen LogP contribution in [0.15, 0.2) is 42.0 Å². The molecular weight excluding hydrogens is 258 g/mol. The van der Waals surface area contributed by atoms with Crippen LogP contribution >= 0.6 is 0 Å². The van der Waals surface area contributed by atoms with Crippen molar-refractivity contribution in [3.63, 3.8) is 0 Å². The summed E-state index contributed by atoms with van der Waals surface area (Å²) in [7, 11) is 1.70.